The lowest BCUT2D eigenvalue weighted by atomic mass is 10.0. The summed E-state index contributed by atoms with van der Waals surface area (Å²) in [6.45, 7) is 5.83. The van der Waals surface area contributed by atoms with Gasteiger partial charge in [0.25, 0.3) is 0 Å². The van der Waals surface area contributed by atoms with Crippen molar-refractivity contribution >= 4 is 0 Å². The summed E-state index contributed by atoms with van der Waals surface area (Å²) in [6, 6.07) is 8.10. The zero-order valence-corrected chi connectivity index (χ0v) is 13.6. The Morgan fingerprint density at radius 2 is 2.10 bits per heavy atom. The molecule has 2 aliphatic rings. The first-order chi connectivity index (χ1) is 10.1. The summed E-state index contributed by atoms with van der Waals surface area (Å²) in [6.07, 6.45) is 1.14. The van der Waals surface area contributed by atoms with Crippen LogP contribution in [0.5, 0.6) is 5.75 Å². The van der Waals surface area contributed by atoms with Gasteiger partial charge in [-0.1, -0.05) is 6.07 Å². The van der Waals surface area contributed by atoms with Crippen molar-refractivity contribution in [2.24, 2.45) is 0 Å². The van der Waals surface area contributed by atoms with Crippen molar-refractivity contribution in [2.75, 3.05) is 40.8 Å². The van der Waals surface area contributed by atoms with Gasteiger partial charge in [-0.2, -0.15) is 0 Å². The largest absolute Gasteiger partial charge is 0.497 e. The third kappa shape index (κ3) is 2.68. The van der Waals surface area contributed by atoms with Crippen LogP contribution in [0.4, 0.5) is 0 Å². The van der Waals surface area contributed by atoms with Crippen molar-refractivity contribution in [2.45, 2.75) is 31.5 Å². The van der Waals surface area contributed by atoms with Crippen molar-refractivity contribution in [3.8, 4) is 5.75 Å². The lowest BCUT2D eigenvalue weighted by Crippen LogP contribution is -2.56. The van der Waals surface area contributed by atoms with E-state index < -0.39 is 0 Å². The number of likely N-dealkylation sites (N-methyl/N-ethyl adjacent to an activating group) is 2. The van der Waals surface area contributed by atoms with E-state index in [9.17, 15) is 0 Å². The van der Waals surface area contributed by atoms with E-state index in [4.69, 9.17) is 4.74 Å². The van der Waals surface area contributed by atoms with Gasteiger partial charge in [0.15, 0.2) is 0 Å². The highest BCUT2D eigenvalue weighted by molar-refractivity contribution is 5.43. The number of fused-ring (bicyclic) bond motifs is 1. The summed E-state index contributed by atoms with van der Waals surface area (Å²) in [4.78, 5) is 5.12. The predicted octanol–water partition coefficient (Wildman–Crippen LogP) is 1.52. The topological polar surface area (TPSA) is 27.7 Å². The van der Waals surface area contributed by atoms with Crippen molar-refractivity contribution in [3.63, 3.8) is 0 Å². The van der Waals surface area contributed by atoms with Crippen molar-refractivity contribution in [1.82, 2.24) is 15.1 Å². The van der Waals surface area contributed by atoms with Crippen LogP contribution in [0.25, 0.3) is 0 Å². The predicted molar refractivity (Wildman–Crippen MR) is 86.0 cm³/mol. The first kappa shape index (κ1) is 14.8. The van der Waals surface area contributed by atoms with Crippen LogP contribution in [-0.4, -0.2) is 62.7 Å². The fraction of sp³-hybridized carbons (Fsp3) is 0.647. The number of nitrogens with zero attached hydrogens (tertiary/aromatic N) is 2. The van der Waals surface area contributed by atoms with Crippen LogP contribution in [0.1, 0.15) is 24.1 Å². The molecule has 3 unspecified atom stereocenters. The van der Waals surface area contributed by atoms with Crippen LogP contribution in [0, 0.1) is 0 Å². The molecule has 1 saturated heterocycles. The molecule has 1 aromatic carbocycles. The van der Waals surface area contributed by atoms with E-state index >= 15 is 0 Å². The Morgan fingerprint density at radius 3 is 2.76 bits per heavy atom. The van der Waals surface area contributed by atoms with Gasteiger partial charge in [0.05, 0.1) is 7.11 Å². The summed E-state index contributed by atoms with van der Waals surface area (Å²) in [7, 11) is 6.04. The lowest BCUT2D eigenvalue weighted by Gasteiger charge is -2.43. The maximum absolute atomic E-state index is 5.40. The fourth-order valence-electron chi connectivity index (χ4n) is 4.03. The zero-order valence-electron chi connectivity index (χ0n) is 13.6. The molecule has 0 radical (unpaired) electrons. The molecule has 1 heterocycles. The smallest absolute Gasteiger partial charge is 0.119 e. The first-order valence-electron chi connectivity index (χ1n) is 7.92. The number of ether oxygens (including phenoxy) is 1. The van der Waals surface area contributed by atoms with E-state index in [0.717, 1.165) is 31.8 Å². The van der Waals surface area contributed by atoms with E-state index in [1.54, 1.807) is 7.11 Å². The van der Waals surface area contributed by atoms with Gasteiger partial charge >= 0.3 is 0 Å². The van der Waals surface area contributed by atoms with Crippen LogP contribution in [0.15, 0.2) is 18.2 Å². The molecule has 1 aliphatic heterocycles. The first-order valence-corrected chi connectivity index (χ1v) is 7.92. The minimum Gasteiger partial charge on any atom is -0.497 e. The SMILES string of the molecule is CNC1c2cc(OC)ccc2CC1N1CCN(C)CC1C. The van der Waals surface area contributed by atoms with Crippen LogP contribution >= 0.6 is 0 Å². The van der Waals surface area contributed by atoms with E-state index in [-0.39, 0.29) is 0 Å². The molecular weight excluding hydrogens is 262 g/mol. The fourth-order valence-corrected chi connectivity index (χ4v) is 4.03. The van der Waals surface area contributed by atoms with Gasteiger partial charge in [0.2, 0.25) is 0 Å². The summed E-state index contributed by atoms with van der Waals surface area (Å²) in [5, 5.41) is 3.54. The molecule has 0 bridgehead atoms. The van der Waals surface area contributed by atoms with E-state index in [1.807, 2.05) is 0 Å². The molecule has 1 fully saturated rings. The van der Waals surface area contributed by atoms with E-state index in [0.29, 0.717) is 18.1 Å². The molecule has 1 N–H and O–H groups in total. The minimum atomic E-state index is 0.404. The normalized spacial score (nSPS) is 30.4. The van der Waals surface area contributed by atoms with Gasteiger partial charge in [-0.05, 0) is 50.7 Å². The molecule has 0 saturated carbocycles. The number of nitrogens with one attached hydrogen (secondary N) is 1. The van der Waals surface area contributed by atoms with Crippen molar-refractivity contribution in [1.29, 1.82) is 0 Å². The quantitative estimate of drug-likeness (QED) is 0.913. The van der Waals surface area contributed by atoms with Gasteiger partial charge < -0.3 is 15.0 Å². The average Bonchev–Trinajstić information content (AvgIpc) is 2.84. The molecular formula is C17H27N3O. The lowest BCUT2D eigenvalue weighted by molar-refractivity contribution is 0.0508. The van der Waals surface area contributed by atoms with Gasteiger partial charge in [-0.25, -0.2) is 0 Å². The molecule has 0 aromatic heterocycles. The molecule has 3 atom stereocenters. The van der Waals surface area contributed by atoms with Crippen LogP contribution in [0.3, 0.4) is 0 Å². The number of rotatable bonds is 3. The molecule has 3 rings (SSSR count). The van der Waals surface area contributed by atoms with Crippen molar-refractivity contribution < 1.29 is 4.74 Å². The Bertz CT molecular complexity index is 505. The molecule has 4 nitrogen and oxygen atoms in total. The summed E-state index contributed by atoms with van der Waals surface area (Å²) >= 11 is 0. The highest BCUT2D eigenvalue weighted by Crippen LogP contribution is 2.37. The van der Waals surface area contributed by atoms with E-state index in [2.05, 4.69) is 54.3 Å². The number of hydrogen-bond donors (Lipinski definition) is 1. The van der Waals surface area contributed by atoms with Gasteiger partial charge in [0, 0.05) is 37.8 Å². The molecule has 4 heteroatoms. The maximum Gasteiger partial charge on any atom is 0.119 e. The molecule has 0 spiro atoms. The highest BCUT2D eigenvalue weighted by Gasteiger charge is 2.38. The number of piperazine rings is 1. The van der Waals surface area contributed by atoms with Crippen molar-refractivity contribution in [3.05, 3.63) is 29.3 Å². The Morgan fingerprint density at radius 1 is 1.29 bits per heavy atom. The minimum absolute atomic E-state index is 0.404. The molecule has 1 aromatic rings. The molecule has 21 heavy (non-hydrogen) atoms. The summed E-state index contributed by atoms with van der Waals surface area (Å²) in [5.74, 6) is 0.959. The second kappa shape index (κ2) is 5.95. The zero-order chi connectivity index (χ0) is 15.0. The second-order valence-electron chi connectivity index (χ2n) is 6.45. The average molecular weight is 289 g/mol. The Kier molecular flexibility index (Phi) is 4.20. The van der Waals surface area contributed by atoms with Crippen LogP contribution in [-0.2, 0) is 6.42 Å². The third-order valence-corrected chi connectivity index (χ3v) is 5.12. The maximum atomic E-state index is 5.40. The van der Waals surface area contributed by atoms with E-state index in [1.165, 1.54) is 11.1 Å². The summed E-state index contributed by atoms with van der Waals surface area (Å²) in [5.41, 5.74) is 2.87. The molecule has 1 aliphatic carbocycles. The van der Waals surface area contributed by atoms with Gasteiger partial charge in [-0.15, -0.1) is 0 Å². The monoisotopic (exact) mass is 289 g/mol. The van der Waals surface area contributed by atoms with Crippen LogP contribution in [0.2, 0.25) is 0 Å². The Hall–Kier alpha value is -1.10. The molecule has 116 valence electrons. The Labute approximate surface area is 128 Å². The summed E-state index contributed by atoms with van der Waals surface area (Å²) < 4.78 is 5.40. The second-order valence-corrected chi connectivity index (χ2v) is 6.45. The Balaban J connectivity index is 1.85. The standard InChI is InChI=1S/C17H27N3O/c1-12-11-19(3)7-8-20(12)16-9-13-5-6-14(21-4)10-15(13)17(16)18-2/h5-6,10,12,16-18H,7-9,11H2,1-4H3. The van der Waals surface area contributed by atoms with Gasteiger partial charge in [0.1, 0.15) is 5.75 Å². The van der Waals surface area contributed by atoms with Gasteiger partial charge in [-0.3, -0.25) is 4.90 Å². The third-order valence-electron chi connectivity index (χ3n) is 5.12. The van der Waals surface area contributed by atoms with Crippen LogP contribution < -0.4 is 10.1 Å². The number of benzene rings is 1. The molecule has 0 amide bonds. The number of methoxy groups -OCH3 is 1. The number of hydrogen-bond acceptors (Lipinski definition) is 4. The highest BCUT2D eigenvalue weighted by atomic mass is 16.5.